The molecule has 23 heavy (non-hydrogen) atoms. The number of carbonyl (C=O) groups is 2. The molecule has 1 aliphatic carbocycles. The minimum atomic E-state index is -0.278. The molecule has 1 aliphatic heterocycles. The van der Waals surface area contributed by atoms with E-state index in [0.717, 1.165) is 38.6 Å². The van der Waals surface area contributed by atoms with Gasteiger partial charge in [0.05, 0.1) is 19.2 Å². The second-order valence-electron chi connectivity index (χ2n) is 6.50. The quantitative estimate of drug-likeness (QED) is 0.842. The molecule has 5 heteroatoms. The summed E-state index contributed by atoms with van der Waals surface area (Å²) >= 11 is 0. The first-order valence-corrected chi connectivity index (χ1v) is 8.33. The van der Waals surface area contributed by atoms with Crippen molar-refractivity contribution in [3.63, 3.8) is 0 Å². The molecule has 3 rings (SSSR count). The number of ether oxygens (including phenoxy) is 1. The summed E-state index contributed by atoms with van der Waals surface area (Å²) in [5.74, 6) is -0.249. The van der Waals surface area contributed by atoms with Gasteiger partial charge in [-0.1, -0.05) is 30.3 Å². The Morgan fingerprint density at radius 2 is 2.00 bits per heavy atom. The smallest absolute Gasteiger partial charge is 0.323 e. The van der Waals surface area contributed by atoms with Crippen molar-refractivity contribution in [1.82, 2.24) is 10.2 Å². The number of carbonyl (C=O) groups excluding carboxylic acids is 2. The monoisotopic (exact) mass is 316 g/mol. The van der Waals surface area contributed by atoms with E-state index in [2.05, 4.69) is 17.4 Å². The van der Waals surface area contributed by atoms with Gasteiger partial charge in [0.2, 0.25) is 5.91 Å². The van der Waals surface area contributed by atoms with Gasteiger partial charge in [-0.05, 0) is 44.2 Å². The number of benzene rings is 1. The zero-order valence-electron chi connectivity index (χ0n) is 13.6. The lowest BCUT2D eigenvalue weighted by atomic mass is 9.72. The number of hydrogen-bond donors (Lipinski definition) is 1. The topological polar surface area (TPSA) is 58.6 Å². The Bertz CT molecular complexity index is 569. The van der Waals surface area contributed by atoms with Crippen LogP contribution in [0.3, 0.4) is 0 Å². The van der Waals surface area contributed by atoms with Crippen LogP contribution < -0.4 is 5.32 Å². The lowest BCUT2D eigenvalue weighted by Crippen LogP contribution is -2.54. The number of amides is 1. The van der Waals surface area contributed by atoms with Gasteiger partial charge >= 0.3 is 5.97 Å². The van der Waals surface area contributed by atoms with Crippen molar-refractivity contribution in [2.75, 3.05) is 20.2 Å². The second-order valence-corrected chi connectivity index (χ2v) is 6.50. The highest BCUT2D eigenvalue weighted by atomic mass is 16.5. The summed E-state index contributed by atoms with van der Waals surface area (Å²) < 4.78 is 4.84. The summed E-state index contributed by atoms with van der Waals surface area (Å²) in [7, 11) is 1.40. The van der Waals surface area contributed by atoms with E-state index in [1.807, 2.05) is 23.1 Å². The average Bonchev–Trinajstić information content (AvgIpc) is 2.99. The Morgan fingerprint density at radius 3 is 2.61 bits per heavy atom. The van der Waals surface area contributed by atoms with Crippen molar-refractivity contribution in [1.29, 1.82) is 0 Å². The van der Waals surface area contributed by atoms with Crippen LogP contribution in [0.4, 0.5) is 0 Å². The first kappa shape index (κ1) is 16.0. The summed E-state index contributed by atoms with van der Waals surface area (Å²) in [6.45, 7) is 1.03. The van der Waals surface area contributed by atoms with E-state index >= 15 is 0 Å². The highest BCUT2D eigenvalue weighted by Crippen LogP contribution is 2.41. The molecule has 124 valence electrons. The van der Waals surface area contributed by atoms with Gasteiger partial charge in [0, 0.05) is 0 Å². The van der Waals surface area contributed by atoms with Crippen LogP contribution in [0.1, 0.15) is 37.7 Å². The Balaban J connectivity index is 1.64. The van der Waals surface area contributed by atoms with Gasteiger partial charge in [0.25, 0.3) is 0 Å². The Labute approximate surface area is 137 Å². The molecule has 0 spiro atoms. The molecule has 1 saturated heterocycles. The summed E-state index contributed by atoms with van der Waals surface area (Å²) in [5.41, 5.74) is 0.948. The molecule has 1 aromatic carbocycles. The predicted molar refractivity (Wildman–Crippen MR) is 86.7 cm³/mol. The number of hydrogen-bond acceptors (Lipinski definition) is 4. The van der Waals surface area contributed by atoms with Crippen molar-refractivity contribution in [2.24, 2.45) is 0 Å². The van der Waals surface area contributed by atoms with Crippen LogP contribution in [0.15, 0.2) is 30.3 Å². The van der Waals surface area contributed by atoms with E-state index in [1.54, 1.807) is 0 Å². The minimum absolute atomic E-state index is 0.00986. The van der Waals surface area contributed by atoms with E-state index in [1.165, 1.54) is 12.7 Å². The van der Waals surface area contributed by atoms with Gasteiger partial charge in [-0.2, -0.15) is 0 Å². The maximum atomic E-state index is 12.5. The van der Waals surface area contributed by atoms with Crippen molar-refractivity contribution in [2.45, 2.75) is 43.7 Å². The first-order chi connectivity index (χ1) is 11.1. The molecule has 1 heterocycles. The zero-order valence-corrected chi connectivity index (χ0v) is 13.6. The van der Waals surface area contributed by atoms with E-state index in [4.69, 9.17) is 4.74 Å². The van der Waals surface area contributed by atoms with Crippen LogP contribution in [0, 0.1) is 0 Å². The fourth-order valence-electron chi connectivity index (χ4n) is 3.68. The molecule has 0 aromatic heterocycles. The lowest BCUT2D eigenvalue weighted by molar-refractivity contribution is -0.146. The van der Waals surface area contributed by atoms with E-state index in [0.29, 0.717) is 0 Å². The van der Waals surface area contributed by atoms with Gasteiger partial charge in [-0.25, -0.2) is 0 Å². The zero-order chi connectivity index (χ0) is 16.3. The average molecular weight is 316 g/mol. The highest BCUT2D eigenvalue weighted by molar-refractivity contribution is 5.81. The van der Waals surface area contributed by atoms with Crippen LogP contribution in [0.25, 0.3) is 0 Å². The predicted octanol–water partition coefficient (Wildman–Crippen LogP) is 1.82. The molecule has 0 radical (unpaired) electrons. The first-order valence-electron chi connectivity index (χ1n) is 8.33. The third-order valence-corrected chi connectivity index (χ3v) is 5.10. The van der Waals surface area contributed by atoms with E-state index < -0.39 is 0 Å². The highest BCUT2D eigenvalue weighted by Gasteiger charge is 2.41. The molecule has 1 N–H and O–H groups in total. The van der Waals surface area contributed by atoms with Gasteiger partial charge in [0.1, 0.15) is 6.04 Å². The van der Waals surface area contributed by atoms with Crippen molar-refractivity contribution >= 4 is 11.9 Å². The van der Waals surface area contributed by atoms with Gasteiger partial charge < -0.3 is 10.1 Å². The molecule has 1 aromatic rings. The summed E-state index contributed by atoms with van der Waals surface area (Å²) in [4.78, 5) is 26.2. The van der Waals surface area contributed by atoms with Gasteiger partial charge in [0.15, 0.2) is 0 Å². The fraction of sp³-hybridized carbons (Fsp3) is 0.556. The number of rotatable bonds is 5. The largest absolute Gasteiger partial charge is 0.468 e. The number of esters is 1. The van der Waals surface area contributed by atoms with Gasteiger partial charge in [-0.3, -0.25) is 14.5 Å². The molecule has 1 saturated carbocycles. The van der Waals surface area contributed by atoms with Crippen molar-refractivity contribution in [3.05, 3.63) is 35.9 Å². The molecule has 1 amide bonds. The van der Waals surface area contributed by atoms with E-state index in [9.17, 15) is 9.59 Å². The van der Waals surface area contributed by atoms with E-state index in [-0.39, 0.29) is 30.0 Å². The fourth-order valence-corrected chi connectivity index (χ4v) is 3.68. The van der Waals surface area contributed by atoms with Crippen LogP contribution in [-0.4, -0.2) is 43.0 Å². The Morgan fingerprint density at radius 1 is 1.26 bits per heavy atom. The molecule has 5 nitrogen and oxygen atoms in total. The molecule has 1 atom stereocenters. The Kier molecular flexibility index (Phi) is 4.66. The maximum Gasteiger partial charge on any atom is 0.323 e. The molecule has 1 unspecified atom stereocenters. The number of nitrogens with zero attached hydrogens (tertiary/aromatic N) is 1. The van der Waals surface area contributed by atoms with Crippen LogP contribution in [-0.2, 0) is 19.9 Å². The minimum Gasteiger partial charge on any atom is -0.468 e. The lowest BCUT2D eigenvalue weighted by Gasteiger charge is -2.43. The summed E-state index contributed by atoms with van der Waals surface area (Å²) in [6, 6.07) is 9.88. The third-order valence-electron chi connectivity index (χ3n) is 5.10. The number of nitrogens with one attached hydrogen (secondary N) is 1. The van der Waals surface area contributed by atoms with Crippen molar-refractivity contribution in [3.8, 4) is 0 Å². The van der Waals surface area contributed by atoms with Crippen molar-refractivity contribution < 1.29 is 14.3 Å². The molecular weight excluding hydrogens is 292 g/mol. The molecule has 2 fully saturated rings. The standard InChI is InChI=1S/C18H24N2O3/c1-23-17(22)15-9-5-12-20(15)13-16(21)19-18(10-6-11-18)14-7-3-2-4-8-14/h2-4,7-8,15H,5-6,9-13H2,1H3,(H,19,21). The summed E-state index contributed by atoms with van der Waals surface area (Å²) in [5, 5.41) is 3.22. The normalized spacial score (nSPS) is 23.1. The molecule has 2 aliphatic rings. The molecule has 0 bridgehead atoms. The second kappa shape index (κ2) is 6.71. The van der Waals surface area contributed by atoms with Gasteiger partial charge in [-0.15, -0.1) is 0 Å². The number of likely N-dealkylation sites (tertiary alicyclic amines) is 1. The maximum absolute atomic E-state index is 12.5. The summed E-state index contributed by atoms with van der Waals surface area (Å²) in [6.07, 6.45) is 4.77. The Hall–Kier alpha value is -1.88. The SMILES string of the molecule is COC(=O)C1CCCN1CC(=O)NC1(c2ccccc2)CCC1. The van der Waals surface area contributed by atoms with Crippen LogP contribution >= 0.6 is 0 Å². The number of methoxy groups -OCH3 is 1. The third kappa shape index (κ3) is 3.24. The van der Waals surface area contributed by atoms with Crippen LogP contribution in [0.5, 0.6) is 0 Å². The molecular formula is C18H24N2O3. The van der Waals surface area contributed by atoms with Crippen LogP contribution in [0.2, 0.25) is 0 Å².